The van der Waals surface area contributed by atoms with E-state index < -0.39 is 11.0 Å². The molecule has 4 heterocycles. The summed E-state index contributed by atoms with van der Waals surface area (Å²) >= 11 is 3.57. The third kappa shape index (κ3) is 3.72. The van der Waals surface area contributed by atoms with Gasteiger partial charge in [-0.15, -0.1) is 4.98 Å². The van der Waals surface area contributed by atoms with Crippen LogP contribution in [0.2, 0.25) is 0 Å². The first kappa shape index (κ1) is 24.5. The number of nitrogens with zero attached hydrogens (tertiary/aromatic N) is 4. The van der Waals surface area contributed by atoms with Crippen LogP contribution < -0.4 is 9.96 Å². The number of aromatic nitrogens is 3. The van der Waals surface area contributed by atoms with Crippen LogP contribution in [-0.4, -0.2) is 45.1 Å². The second-order valence-electron chi connectivity index (χ2n) is 11.7. The Kier molecular flexibility index (Phi) is 5.71. The van der Waals surface area contributed by atoms with Gasteiger partial charge >= 0.3 is 11.7 Å². The van der Waals surface area contributed by atoms with Crippen molar-refractivity contribution < 1.29 is 18.7 Å². The predicted octanol–water partition coefficient (Wildman–Crippen LogP) is 4.87. The minimum Gasteiger partial charge on any atom is -0.444 e. The molecule has 37 heavy (non-hydrogen) atoms. The van der Waals surface area contributed by atoms with Gasteiger partial charge < -0.3 is 9.64 Å². The van der Waals surface area contributed by atoms with E-state index in [2.05, 4.69) is 15.9 Å². The summed E-state index contributed by atoms with van der Waals surface area (Å²) in [7, 11) is 0. The van der Waals surface area contributed by atoms with Gasteiger partial charge in [0.1, 0.15) is 22.7 Å². The second-order valence-corrected chi connectivity index (χ2v) is 12.5. The van der Waals surface area contributed by atoms with Gasteiger partial charge in [-0.3, -0.25) is 4.79 Å². The number of hydrogen-bond donors (Lipinski definition) is 0. The smallest absolute Gasteiger partial charge is 0.410 e. The standard InChI is InChI=1S/C28H32BrN4O4/c1-27(2,3)37-26(36)31-14-10-17(11-15-31)22-30-16-18-23-32(25(35)28(18)12-5-4-6-13-28)20-9-7-8-19(29)21(20)24(34)33(22)23/h7-9,16-17H,4-6,10-15H2,1-3H3/q+1. The molecule has 2 aromatic heterocycles. The van der Waals surface area contributed by atoms with E-state index in [4.69, 9.17) is 9.72 Å². The van der Waals surface area contributed by atoms with Crippen LogP contribution in [0.3, 0.4) is 0 Å². The average molecular weight is 568 g/mol. The number of hydrogen-bond acceptors (Lipinski definition) is 5. The van der Waals surface area contributed by atoms with Gasteiger partial charge in [0.25, 0.3) is 11.6 Å². The number of benzene rings is 1. The van der Waals surface area contributed by atoms with Crippen LogP contribution in [-0.2, 0) is 10.2 Å². The van der Waals surface area contributed by atoms with Crippen molar-refractivity contribution in [2.24, 2.45) is 0 Å². The highest BCUT2D eigenvalue weighted by Gasteiger charge is 2.54. The van der Waals surface area contributed by atoms with Crippen molar-refractivity contribution in [3.05, 3.63) is 50.6 Å². The van der Waals surface area contributed by atoms with Crippen LogP contribution in [0.4, 0.5) is 4.79 Å². The first-order chi connectivity index (χ1) is 17.6. The Labute approximate surface area is 223 Å². The van der Waals surface area contributed by atoms with Gasteiger partial charge in [0.15, 0.2) is 0 Å². The van der Waals surface area contributed by atoms with Gasteiger partial charge in [-0.25, -0.2) is 9.59 Å². The molecule has 0 radical (unpaired) electrons. The highest BCUT2D eigenvalue weighted by Crippen LogP contribution is 2.46. The Balaban J connectivity index is 1.49. The van der Waals surface area contributed by atoms with Crippen LogP contribution in [0.15, 0.2) is 33.7 Å². The molecule has 3 aromatic rings. The molecule has 1 amide bonds. The Morgan fingerprint density at radius 1 is 1.14 bits per heavy atom. The molecule has 6 rings (SSSR count). The SMILES string of the molecule is CC(C)(C)OC(=O)N1CCC(c2ncc3c4n(c5cccc(Br)c5c(=O)[n+]24)C(=O)C32CCCCC2)CC1. The van der Waals surface area contributed by atoms with Crippen molar-refractivity contribution in [3.63, 3.8) is 0 Å². The van der Waals surface area contributed by atoms with Gasteiger partial charge in [-0.1, -0.05) is 25.3 Å². The van der Waals surface area contributed by atoms with Crippen molar-refractivity contribution in [2.75, 3.05) is 13.1 Å². The van der Waals surface area contributed by atoms with Gasteiger partial charge in [0.2, 0.25) is 5.82 Å². The first-order valence-electron chi connectivity index (χ1n) is 13.2. The monoisotopic (exact) mass is 567 g/mol. The molecule has 0 N–H and O–H groups in total. The molecule has 2 fully saturated rings. The predicted molar refractivity (Wildman–Crippen MR) is 142 cm³/mol. The van der Waals surface area contributed by atoms with Gasteiger partial charge in [0, 0.05) is 17.6 Å². The maximum Gasteiger partial charge on any atom is 0.410 e. The fraction of sp³-hybridized carbons (Fsp3) is 0.536. The summed E-state index contributed by atoms with van der Waals surface area (Å²) in [5.41, 5.74) is 0.866. The molecule has 0 unspecified atom stereocenters. The molecular formula is C28H32BrN4O4+. The summed E-state index contributed by atoms with van der Waals surface area (Å²) in [5, 5.41) is 0.493. The normalized spacial score (nSPS) is 19.8. The van der Waals surface area contributed by atoms with Crippen molar-refractivity contribution in [1.82, 2.24) is 14.5 Å². The molecule has 1 aromatic carbocycles. The number of amides is 1. The Morgan fingerprint density at radius 3 is 2.51 bits per heavy atom. The average Bonchev–Trinajstić information content (AvgIpc) is 3.10. The van der Waals surface area contributed by atoms with Gasteiger partial charge in [-0.05, 0) is 74.5 Å². The molecule has 2 aliphatic heterocycles. The van der Waals surface area contributed by atoms with Crippen molar-refractivity contribution in [3.8, 4) is 0 Å². The third-order valence-corrected chi connectivity index (χ3v) is 8.88. The van der Waals surface area contributed by atoms with Crippen LogP contribution in [0.5, 0.6) is 0 Å². The summed E-state index contributed by atoms with van der Waals surface area (Å²) in [5.74, 6) is 0.706. The lowest BCUT2D eigenvalue weighted by Crippen LogP contribution is -2.50. The zero-order valence-electron chi connectivity index (χ0n) is 21.6. The van der Waals surface area contributed by atoms with E-state index >= 15 is 0 Å². The Bertz CT molecular complexity index is 1510. The fourth-order valence-electron chi connectivity index (χ4n) is 6.48. The number of halogens is 1. The van der Waals surface area contributed by atoms with E-state index in [1.54, 1.807) is 13.9 Å². The Morgan fingerprint density at radius 2 is 1.84 bits per heavy atom. The van der Waals surface area contributed by atoms with E-state index in [1.165, 1.54) is 0 Å². The highest BCUT2D eigenvalue weighted by molar-refractivity contribution is 9.10. The molecule has 1 saturated carbocycles. The first-order valence-corrected chi connectivity index (χ1v) is 14.0. The zero-order chi connectivity index (χ0) is 26.1. The summed E-state index contributed by atoms with van der Waals surface area (Å²) in [6.45, 7) is 6.64. The topological polar surface area (TPSA) is 85.6 Å². The lowest BCUT2D eigenvalue weighted by molar-refractivity contribution is -0.546. The van der Waals surface area contributed by atoms with Crippen LogP contribution in [0.1, 0.15) is 87.8 Å². The van der Waals surface area contributed by atoms with Gasteiger partial charge in [0.05, 0.1) is 16.9 Å². The third-order valence-electron chi connectivity index (χ3n) is 8.22. The maximum atomic E-state index is 14.2. The number of rotatable bonds is 1. The molecule has 8 nitrogen and oxygen atoms in total. The van der Waals surface area contributed by atoms with E-state index in [9.17, 15) is 14.4 Å². The summed E-state index contributed by atoms with van der Waals surface area (Å²) in [6, 6.07) is 5.58. The van der Waals surface area contributed by atoms with Crippen molar-refractivity contribution in [1.29, 1.82) is 0 Å². The quantitative estimate of drug-likeness (QED) is 0.309. The lowest BCUT2D eigenvalue weighted by atomic mass is 9.70. The number of fused-ring (bicyclic) bond motifs is 3. The van der Waals surface area contributed by atoms with Crippen LogP contribution in [0, 0.1) is 0 Å². The van der Waals surface area contributed by atoms with Crippen molar-refractivity contribution >= 4 is 44.5 Å². The van der Waals surface area contributed by atoms with E-state index in [0.717, 1.165) is 37.7 Å². The zero-order valence-corrected chi connectivity index (χ0v) is 23.1. The van der Waals surface area contributed by atoms with Crippen molar-refractivity contribution in [2.45, 2.75) is 82.7 Å². The van der Waals surface area contributed by atoms with Gasteiger partial charge in [-0.2, -0.15) is 8.97 Å². The summed E-state index contributed by atoms with van der Waals surface area (Å²) in [6.07, 6.45) is 7.54. The minimum absolute atomic E-state index is 0.0168. The maximum absolute atomic E-state index is 14.2. The highest BCUT2D eigenvalue weighted by atomic mass is 79.9. The van der Waals surface area contributed by atoms with Crippen LogP contribution >= 0.6 is 15.9 Å². The minimum atomic E-state index is -0.620. The Hall–Kier alpha value is -2.81. The van der Waals surface area contributed by atoms with E-state index in [1.807, 2.05) is 45.2 Å². The van der Waals surface area contributed by atoms with E-state index in [0.29, 0.717) is 52.8 Å². The molecule has 1 saturated heterocycles. The largest absolute Gasteiger partial charge is 0.444 e. The van der Waals surface area contributed by atoms with Crippen LogP contribution in [0.25, 0.3) is 16.6 Å². The number of likely N-dealkylation sites (tertiary alicyclic amines) is 1. The molecule has 3 aliphatic rings. The number of ether oxygens (including phenoxy) is 1. The molecule has 1 spiro atoms. The number of piperidine rings is 1. The summed E-state index contributed by atoms with van der Waals surface area (Å²) in [4.78, 5) is 47.5. The molecule has 1 aliphatic carbocycles. The molecule has 194 valence electrons. The lowest BCUT2D eigenvalue weighted by Gasteiger charge is -2.32. The molecule has 0 atom stereocenters. The molecular weight excluding hydrogens is 536 g/mol. The summed E-state index contributed by atoms with van der Waals surface area (Å²) < 4.78 is 9.71. The molecule has 0 bridgehead atoms. The fourth-order valence-corrected chi connectivity index (χ4v) is 7.00. The number of carbonyl (C=O) groups is 2. The number of carbonyl (C=O) groups excluding carboxylic acids is 2. The molecule has 9 heteroatoms. The second kappa shape index (κ2) is 8.61. The van der Waals surface area contributed by atoms with E-state index in [-0.39, 0.29) is 23.5 Å².